The van der Waals surface area contributed by atoms with Crippen molar-refractivity contribution in [2.45, 2.75) is 37.7 Å². The summed E-state index contributed by atoms with van der Waals surface area (Å²) in [6.45, 7) is 0.831. The number of halogens is 1. The normalized spacial score (nSPS) is 24.0. The number of nitrogens with zero attached hydrogens (tertiary/aromatic N) is 2. The molecule has 92 valence electrons. The van der Waals surface area contributed by atoms with E-state index in [2.05, 4.69) is 26.2 Å². The fraction of sp³-hybridized carbons (Fsp3) is 0.667. The van der Waals surface area contributed by atoms with Crippen LogP contribution in [0.5, 0.6) is 0 Å². The molecule has 1 saturated heterocycles. The summed E-state index contributed by atoms with van der Waals surface area (Å²) in [5.74, 6) is 2.34. The van der Waals surface area contributed by atoms with Crippen LogP contribution in [0.15, 0.2) is 4.47 Å². The van der Waals surface area contributed by atoms with E-state index in [0.29, 0.717) is 5.92 Å². The smallest absolute Gasteiger partial charge is 0.159 e. The zero-order chi connectivity index (χ0) is 11.8. The van der Waals surface area contributed by atoms with Crippen molar-refractivity contribution >= 4 is 21.7 Å². The summed E-state index contributed by atoms with van der Waals surface area (Å²) in [6, 6.07) is 0. The first-order valence-electron chi connectivity index (χ1n) is 6.16. The molecule has 0 spiro atoms. The van der Waals surface area contributed by atoms with Gasteiger partial charge in [-0.15, -0.1) is 0 Å². The summed E-state index contributed by atoms with van der Waals surface area (Å²) in [6.07, 6.45) is 4.72. The lowest BCUT2D eigenvalue weighted by Gasteiger charge is -2.13. The summed E-state index contributed by atoms with van der Waals surface area (Å²) in [4.78, 5) is 9.25. The van der Waals surface area contributed by atoms with Crippen LogP contribution >= 0.6 is 15.9 Å². The van der Waals surface area contributed by atoms with E-state index >= 15 is 0 Å². The monoisotopic (exact) mass is 297 g/mol. The van der Waals surface area contributed by atoms with Crippen LogP contribution in [0.25, 0.3) is 0 Å². The minimum absolute atomic E-state index is 0.0905. The maximum absolute atomic E-state index is 5.67. The molecule has 2 heterocycles. The lowest BCUT2D eigenvalue weighted by molar-refractivity contribution is 0.105. The molecule has 1 unspecified atom stereocenters. The van der Waals surface area contributed by atoms with Crippen molar-refractivity contribution in [2.75, 3.05) is 19.0 Å². The molecule has 17 heavy (non-hydrogen) atoms. The number of ether oxygens (including phenoxy) is 1. The third-order valence-corrected chi connectivity index (χ3v) is 4.09. The predicted octanol–water partition coefficient (Wildman–Crippen LogP) is 3.01. The van der Waals surface area contributed by atoms with Crippen molar-refractivity contribution in [3.63, 3.8) is 0 Å². The molecular formula is C12H16BrN3O. The van der Waals surface area contributed by atoms with Gasteiger partial charge in [-0.05, 0) is 41.6 Å². The van der Waals surface area contributed by atoms with Gasteiger partial charge in [-0.25, -0.2) is 9.97 Å². The summed E-state index contributed by atoms with van der Waals surface area (Å²) < 4.78 is 6.68. The van der Waals surface area contributed by atoms with Crippen LogP contribution < -0.4 is 5.32 Å². The van der Waals surface area contributed by atoms with E-state index in [9.17, 15) is 0 Å². The number of aromatic nitrogens is 2. The van der Waals surface area contributed by atoms with Gasteiger partial charge in [0.1, 0.15) is 11.9 Å². The van der Waals surface area contributed by atoms with Gasteiger partial charge in [0.05, 0.1) is 10.2 Å². The Kier molecular flexibility index (Phi) is 3.04. The highest BCUT2D eigenvalue weighted by molar-refractivity contribution is 9.10. The van der Waals surface area contributed by atoms with E-state index in [4.69, 9.17) is 9.72 Å². The standard InChI is InChI=1S/C12H16BrN3O/c1-14-12-9(13)10(7-4-5-7)15-11(16-12)8-3-2-6-17-8/h7-8H,2-6H2,1H3,(H,14,15,16). The predicted molar refractivity (Wildman–Crippen MR) is 69.2 cm³/mol. The van der Waals surface area contributed by atoms with E-state index in [1.54, 1.807) is 0 Å². The van der Waals surface area contributed by atoms with E-state index < -0.39 is 0 Å². The van der Waals surface area contributed by atoms with Crippen LogP contribution in [0, 0.1) is 0 Å². The molecule has 4 nitrogen and oxygen atoms in total. The van der Waals surface area contributed by atoms with Crippen LogP contribution in [0.1, 0.15) is 49.2 Å². The molecule has 1 aliphatic carbocycles. The molecule has 0 bridgehead atoms. The molecule has 0 radical (unpaired) electrons. The highest BCUT2D eigenvalue weighted by Gasteiger charge is 2.31. The third-order valence-electron chi connectivity index (χ3n) is 3.31. The van der Waals surface area contributed by atoms with Gasteiger partial charge in [0.2, 0.25) is 0 Å². The van der Waals surface area contributed by atoms with Gasteiger partial charge in [-0.2, -0.15) is 0 Å². The first-order valence-corrected chi connectivity index (χ1v) is 6.95. The molecule has 1 aliphatic heterocycles. The number of anilines is 1. The maximum Gasteiger partial charge on any atom is 0.159 e. The Hall–Kier alpha value is -0.680. The Balaban J connectivity index is 2.00. The average Bonchev–Trinajstić information content (AvgIpc) is 3.04. The highest BCUT2D eigenvalue weighted by Crippen LogP contribution is 2.44. The molecule has 2 fully saturated rings. The lowest BCUT2D eigenvalue weighted by atomic mass is 10.2. The van der Waals surface area contributed by atoms with Crippen molar-refractivity contribution in [2.24, 2.45) is 0 Å². The second kappa shape index (κ2) is 4.53. The zero-order valence-corrected chi connectivity index (χ0v) is 11.5. The molecule has 0 amide bonds. The SMILES string of the molecule is CNc1nc(C2CCCO2)nc(C2CC2)c1Br. The highest BCUT2D eigenvalue weighted by atomic mass is 79.9. The minimum atomic E-state index is 0.0905. The van der Waals surface area contributed by atoms with Crippen LogP contribution in [0.3, 0.4) is 0 Å². The topological polar surface area (TPSA) is 47.0 Å². The van der Waals surface area contributed by atoms with Crippen molar-refractivity contribution in [3.05, 3.63) is 16.0 Å². The Labute approximate surface area is 109 Å². The van der Waals surface area contributed by atoms with Crippen molar-refractivity contribution < 1.29 is 4.74 Å². The van der Waals surface area contributed by atoms with E-state index in [0.717, 1.165) is 41.3 Å². The molecule has 2 aliphatic rings. The molecule has 1 aromatic rings. The van der Waals surface area contributed by atoms with Gasteiger partial charge in [-0.1, -0.05) is 0 Å². The Bertz CT molecular complexity index is 428. The molecule has 1 atom stereocenters. The van der Waals surface area contributed by atoms with Gasteiger partial charge < -0.3 is 10.1 Å². The maximum atomic E-state index is 5.67. The van der Waals surface area contributed by atoms with E-state index in [1.807, 2.05) is 7.05 Å². The summed E-state index contributed by atoms with van der Waals surface area (Å²) in [5, 5.41) is 3.13. The molecule has 3 rings (SSSR count). The second-order valence-corrected chi connectivity index (χ2v) is 5.45. The van der Waals surface area contributed by atoms with Gasteiger partial charge in [0, 0.05) is 19.6 Å². The van der Waals surface area contributed by atoms with E-state index in [-0.39, 0.29) is 6.10 Å². The minimum Gasteiger partial charge on any atom is -0.372 e. The van der Waals surface area contributed by atoms with Crippen LogP contribution in [-0.4, -0.2) is 23.6 Å². The van der Waals surface area contributed by atoms with Crippen LogP contribution in [0.4, 0.5) is 5.82 Å². The average molecular weight is 298 g/mol. The molecule has 1 N–H and O–H groups in total. The van der Waals surface area contributed by atoms with E-state index in [1.165, 1.54) is 12.8 Å². The van der Waals surface area contributed by atoms with Crippen LogP contribution in [0.2, 0.25) is 0 Å². The summed E-state index contributed by atoms with van der Waals surface area (Å²) >= 11 is 3.60. The number of hydrogen-bond acceptors (Lipinski definition) is 4. The fourth-order valence-electron chi connectivity index (χ4n) is 2.20. The molecule has 5 heteroatoms. The quantitative estimate of drug-likeness (QED) is 0.932. The summed E-state index contributed by atoms with van der Waals surface area (Å²) in [5.41, 5.74) is 1.15. The molecule has 1 aromatic heterocycles. The molecular weight excluding hydrogens is 282 g/mol. The Morgan fingerprint density at radius 1 is 1.29 bits per heavy atom. The zero-order valence-electron chi connectivity index (χ0n) is 9.87. The van der Waals surface area contributed by atoms with Crippen molar-refractivity contribution in [1.29, 1.82) is 0 Å². The largest absolute Gasteiger partial charge is 0.372 e. The van der Waals surface area contributed by atoms with Crippen molar-refractivity contribution in [1.82, 2.24) is 9.97 Å². The molecule has 1 saturated carbocycles. The van der Waals surface area contributed by atoms with Gasteiger partial charge in [0.25, 0.3) is 0 Å². The first-order chi connectivity index (χ1) is 8.29. The molecule has 0 aromatic carbocycles. The first kappa shape index (κ1) is 11.4. The van der Waals surface area contributed by atoms with Crippen molar-refractivity contribution in [3.8, 4) is 0 Å². The van der Waals surface area contributed by atoms with Gasteiger partial charge in [0.15, 0.2) is 5.82 Å². The van der Waals surface area contributed by atoms with Crippen LogP contribution in [-0.2, 0) is 4.74 Å². The lowest BCUT2D eigenvalue weighted by Crippen LogP contribution is -2.09. The van der Waals surface area contributed by atoms with Gasteiger partial charge in [-0.3, -0.25) is 0 Å². The second-order valence-electron chi connectivity index (χ2n) is 4.66. The number of hydrogen-bond donors (Lipinski definition) is 1. The fourth-order valence-corrected chi connectivity index (χ4v) is 2.90. The Morgan fingerprint density at radius 2 is 2.12 bits per heavy atom. The third kappa shape index (κ3) is 2.18. The Morgan fingerprint density at radius 3 is 2.71 bits per heavy atom. The number of rotatable bonds is 3. The van der Waals surface area contributed by atoms with Gasteiger partial charge >= 0.3 is 0 Å². The number of nitrogens with one attached hydrogen (secondary N) is 1. The summed E-state index contributed by atoms with van der Waals surface area (Å²) in [7, 11) is 1.89.